The first-order chi connectivity index (χ1) is 12.0. The highest BCUT2D eigenvalue weighted by molar-refractivity contribution is 6.35. The molecule has 2 aromatic carbocycles. The molecule has 3 nitrogen and oxygen atoms in total. The summed E-state index contributed by atoms with van der Waals surface area (Å²) in [6, 6.07) is 10.7. The molecule has 1 atom stereocenters. The second-order valence-corrected chi connectivity index (χ2v) is 7.13. The lowest BCUT2D eigenvalue weighted by Gasteiger charge is -2.19. The van der Waals surface area contributed by atoms with Gasteiger partial charge in [0.15, 0.2) is 0 Å². The number of H-pyrrole nitrogens is 1. The average Bonchev–Trinajstić information content (AvgIpc) is 3.06. The lowest BCUT2D eigenvalue weighted by molar-refractivity contribution is 0.0388. The fourth-order valence-corrected chi connectivity index (χ4v) is 3.43. The molecule has 7 heteroatoms. The van der Waals surface area contributed by atoms with Crippen molar-refractivity contribution in [2.24, 2.45) is 0 Å². The number of nitrogens with zero attached hydrogens (tertiary/aromatic N) is 1. The van der Waals surface area contributed by atoms with Gasteiger partial charge in [-0.3, -0.25) is 0 Å². The maximum atomic E-state index is 6.36. The van der Waals surface area contributed by atoms with Gasteiger partial charge in [-0.1, -0.05) is 58.5 Å². The van der Waals surface area contributed by atoms with E-state index in [1.165, 1.54) is 0 Å². The summed E-state index contributed by atoms with van der Waals surface area (Å²) in [5, 5.41) is 2.27. The van der Waals surface area contributed by atoms with Gasteiger partial charge in [0.1, 0.15) is 5.82 Å². The zero-order chi connectivity index (χ0) is 17.8. The van der Waals surface area contributed by atoms with E-state index in [1.54, 1.807) is 36.7 Å². The summed E-state index contributed by atoms with van der Waals surface area (Å²) < 4.78 is 6.11. The Labute approximate surface area is 165 Å². The molecule has 0 saturated carbocycles. The van der Waals surface area contributed by atoms with Gasteiger partial charge in [0, 0.05) is 38.9 Å². The van der Waals surface area contributed by atoms with Crippen LogP contribution in [0, 0.1) is 0 Å². The molecule has 25 heavy (non-hydrogen) atoms. The highest BCUT2D eigenvalue weighted by atomic mass is 35.5. The third-order valence-electron chi connectivity index (χ3n) is 3.70. The molecule has 3 aromatic rings. The summed E-state index contributed by atoms with van der Waals surface area (Å²) in [5.41, 5.74) is 1.69. The van der Waals surface area contributed by atoms with Gasteiger partial charge in [0.2, 0.25) is 0 Å². The van der Waals surface area contributed by atoms with Crippen molar-refractivity contribution in [1.82, 2.24) is 9.97 Å². The van der Waals surface area contributed by atoms with E-state index in [4.69, 9.17) is 51.1 Å². The van der Waals surface area contributed by atoms with Crippen LogP contribution in [-0.4, -0.2) is 9.97 Å². The molecule has 0 fully saturated rings. The van der Waals surface area contributed by atoms with Crippen molar-refractivity contribution in [3.05, 3.63) is 85.8 Å². The molecule has 1 heterocycles. The maximum absolute atomic E-state index is 6.36. The van der Waals surface area contributed by atoms with Gasteiger partial charge in [-0.2, -0.15) is 0 Å². The summed E-state index contributed by atoms with van der Waals surface area (Å²) >= 11 is 24.5. The zero-order valence-corrected chi connectivity index (χ0v) is 16.0. The molecule has 1 aromatic heterocycles. The Hall–Kier alpha value is -1.23. The summed E-state index contributed by atoms with van der Waals surface area (Å²) in [6.45, 7) is 0.320. The molecule has 3 rings (SSSR count). The van der Waals surface area contributed by atoms with Crippen molar-refractivity contribution in [3.8, 4) is 0 Å². The van der Waals surface area contributed by atoms with E-state index in [0.29, 0.717) is 33.1 Å². The smallest absolute Gasteiger partial charge is 0.108 e. The monoisotopic (exact) mass is 414 g/mol. The minimum Gasteiger partial charge on any atom is -0.368 e. The average molecular weight is 416 g/mol. The van der Waals surface area contributed by atoms with Gasteiger partial charge in [0.25, 0.3) is 0 Å². The maximum Gasteiger partial charge on any atom is 0.108 e. The van der Waals surface area contributed by atoms with Crippen molar-refractivity contribution < 1.29 is 4.74 Å². The van der Waals surface area contributed by atoms with Crippen molar-refractivity contribution in [2.75, 3.05) is 0 Å². The second kappa shape index (κ2) is 8.43. The van der Waals surface area contributed by atoms with Crippen molar-refractivity contribution in [3.63, 3.8) is 0 Å². The Morgan fingerprint density at radius 3 is 2.32 bits per heavy atom. The van der Waals surface area contributed by atoms with Crippen LogP contribution in [0.5, 0.6) is 0 Å². The number of benzene rings is 2. The van der Waals surface area contributed by atoms with Crippen LogP contribution in [0.2, 0.25) is 20.1 Å². The molecule has 0 aliphatic rings. The van der Waals surface area contributed by atoms with E-state index in [1.807, 2.05) is 12.1 Å². The molecule has 0 bridgehead atoms. The van der Waals surface area contributed by atoms with E-state index in [9.17, 15) is 0 Å². The predicted molar refractivity (Wildman–Crippen MR) is 103 cm³/mol. The Morgan fingerprint density at radius 1 is 0.960 bits per heavy atom. The SMILES string of the molecule is Clc1ccc(CO[C@@H](Cc2ncc[nH]2)c2ccc(Cl)cc2Cl)c(Cl)c1. The third-order valence-corrected chi connectivity index (χ3v) is 4.85. The van der Waals surface area contributed by atoms with Crippen LogP contribution >= 0.6 is 46.4 Å². The van der Waals surface area contributed by atoms with E-state index in [-0.39, 0.29) is 6.10 Å². The van der Waals surface area contributed by atoms with Crippen LogP contribution in [-0.2, 0) is 17.8 Å². The van der Waals surface area contributed by atoms with Gasteiger partial charge in [-0.05, 0) is 35.4 Å². The fourth-order valence-electron chi connectivity index (χ4n) is 2.44. The second-order valence-electron chi connectivity index (χ2n) is 5.44. The zero-order valence-electron chi connectivity index (χ0n) is 13.0. The first-order valence-corrected chi connectivity index (χ1v) is 9.03. The quantitative estimate of drug-likeness (QED) is 0.497. The van der Waals surface area contributed by atoms with Crippen LogP contribution in [0.15, 0.2) is 48.8 Å². The molecule has 0 unspecified atom stereocenters. The summed E-state index contributed by atoms with van der Waals surface area (Å²) in [4.78, 5) is 7.35. The number of aromatic nitrogens is 2. The number of hydrogen-bond donors (Lipinski definition) is 1. The Balaban J connectivity index is 1.83. The normalized spacial score (nSPS) is 12.3. The molecule has 1 N–H and O–H groups in total. The van der Waals surface area contributed by atoms with E-state index < -0.39 is 0 Å². The van der Waals surface area contributed by atoms with Crippen LogP contribution in [0.3, 0.4) is 0 Å². The molecule has 0 radical (unpaired) electrons. The Morgan fingerprint density at radius 2 is 1.68 bits per heavy atom. The van der Waals surface area contributed by atoms with E-state index in [2.05, 4.69) is 9.97 Å². The standard InChI is InChI=1S/C18H14Cl4N2O/c19-12-2-1-11(15(21)7-12)10-25-17(9-18-23-5-6-24-18)14-4-3-13(20)8-16(14)22/h1-8,17H,9-10H2,(H,23,24)/t17-/m0/s1. The minimum absolute atomic E-state index is 0.303. The van der Waals surface area contributed by atoms with Gasteiger partial charge in [0.05, 0.1) is 12.7 Å². The molecule has 130 valence electrons. The topological polar surface area (TPSA) is 37.9 Å². The summed E-state index contributed by atoms with van der Waals surface area (Å²) in [5.74, 6) is 0.804. The molecule has 0 aliphatic carbocycles. The molecule has 0 aliphatic heterocycles. The first kappa shape index (κ1) is 18.6. The number of hydrogen-bond acceptors (Lipinski definition) is 2. The number of ether oxygens (including phenoxy) is 1. The van der Waals surface area contributed by atoms with Crippen molar-refractivity contribution in [2.45, 2.75) is 19.1 Å². The van der Waals surface area contributed by atoms with Crippen molar-refractivity contribution >= 4 is 46.4 Å². The number of nitrogens with one attached hydrogen (secondary N) is 1. The largest absolute Gasteiger partial charge is 0.368 e. The van der Waals surface area contributed by atoms with Crippen LogP contribution in [0.25, 0.3) is 0 Å². The molecular formula is C18H14Cl4N2O. The molecule has 0 amide bonds. The van der Waals surface area contributed by atoms with Crippen LogP contribution < -0.4 is 0 Å². The number of aromatic amines is 1. The van der Waals surface area contributed by atoms with Crippen molar-refractivity contribution in [1.29, 1.82) is 0 Å². The lowest BCUT2D eigenvalue weighted by atomic mass is 10.1. The van der Waals surface area contributed by atoms with Crippen LogP contribution in [0.4, 0.5) is 0 Å². The summed E-state index contributed by atoms with van der Waals surface area (Å²) in [7, 11) is 0. The lowest BCUT2D eigenvalue weighted by Crippen LogP contribution is -2.10. The Kier molecular flexibility index (Phi) is 6.26. The molecular weight excluding hydrogens is 402 g/mol. The number of rotatable bonds is 6. The first-order valence-electron chi connectivity index (χ1n) is 7.51. The predicted octanol–water partition coefficient (Wildman–Crippen LogP) is 6.52. The van der Waals surface area contributed by atoms with E-state index >= 15 is 0 Å². The number of imidazole rings is 1. The fraction of sp³-hybridized carbons (Fsp3) is 0.167. The highest BCUT2D eigenvalue weighted by Gasteiger charge is 2.18. The van der Waals surface area contributed by atoms with Gasteiger partial charge < -0.3 is 9.72 Å². The highest BCUT2D eigenvalue weighted by Crippen LogP contribution is 2.32. The van der Waals surface area contributed by atoms with Gasteiger partial charge in [-0.15, -0.1) is 0 Å². The van der Waals surface area contributed by atoms with Gasteiger partial charge >= 0.3 is 0 Å². The Bertz CT molecular complexity index is 852. The summed E-state index contributed by atoms with van der Waals surface area (Å²) in [6.07, 6.45) is 3.71. The number of halogens is 4. The molecule has 0 spiro atoms. The van der Waals surface area contributed by atoms with Crippen LogP contribution in [0.1, 0.15) is 23.1 Å². The molecule has 0 saturated heterocycles. The van der Waals surface area contributed by atoms with E-state index in [0.717, 1.165) is 17.0 Å². The third kappa shape index (κ3) is 4.90. The minimum atomic E-state index is -0.303. The van der Waals surface area contributed by atoms with Gasteiger partial charge in [-0.25, -0.2) is 4.98 Å².